The molecule has 3 rings (SSSR count). The fourth-order valence-electron chi connectivity index (χ4n) is 3.20. The van der Waals surface area contributed by atoms with E-state index in [0.29, 0.717) is 28.8 Å². The van der Waals surface area contributed by atoms with Crippen molar-refractivity contribution in [1.82, 2.24) is 9.78 Å². The van der Waals surface area contributed by atoms with Gasteiger partial charge in [-0.1, -0.05) is 12.1 Å². The number of nitriles is 1. The van der Waals surface area contributed by atoms with Gasteiger partial charge in [0.1, 0.15) is 5.75 Å². The Balaban J connectivity index is 1.80. The number of fused-ring (bicyclic) bond motifs is 1. The first-order chi connectivity index (χ1) is 14.5. The van der Waals surface area contributed by atoms with Crippen molar-refractivity contribution in [3.8, 4) is 11.8 Å². The zero-order valence-corrected chi connectivity index (χ0v) is 16.6. The minimum atomic E-state index is -0.384. The van der Waals surface area contributed by atoms with Crippen LogP contribution in [0.5, 0.6) is 5.75 Å². The van der Waals surface area contributed by atoms with Crippen molar-refractivity contribution in [2.24, 2.45) is 0 Å². The molecule has 8 heteroatoms. The fourth-order valence-corrected chi connectivity index (χ4v) is 3.20. The van der Waals surface area contributed by atoms with Gasteiger partial charge >= 0.3 is 0 Å². The first-order valence-electron chi connectivity index (χ1n) is 9.67. The van der Waals surface area contributed by atoms with Gasteiger partial charge in [-0.25, -0.2) is 4.68 Å². The second-order valence-corrected chi connectivity index (χ2v) is 6.57. The van der Waals surface area contributed by atoms with Crippen LogP contribution in [0.2, 0.25) is 0 Å². The van der Waals surface area contributed by atoms with Crippen LogP contribution < -0.4 is 20.8 Å². The van der Waals surface area contributed by atoms with Crippen molar-refractivity contribution < 1.29 is 9.53 Å². The van der Waals surface area contributed by atoms with E-state index in [1.54, 1.807) is 48.5 Å². The highest BCUT2D eigenvalue weighted by molar-refractivity contribution is 5.93. The normalized spacial score (nSPS) is 10.5. The Bertz CT molecular complexity index is 1190. The summed E-state index contributed by atoms with van der Waals surface area (Å²) in [5.41, 5.74) is -0.105. The van der Waals surface area contributed by atoms with Crippen LogP contribution in [-0.4, -0.2) is 28.8 Å². The number of benzene rings is 2. The molecule has 2 aromatic carbocycles. The van der Waals surface area contributed by atoms with Gasteiger partial charge in [0, 0.05) is 18.7 Å². The molecule has 0 fully saturated rings. The number of aromatic amines is 1. The average Bonchev–Trinajstić information content (AvgIpc) is 2.77. The summed E-state index contributed by atoms with van der Waals surface area (Å²) in [7, 11) is 0. The molecule has 0 radical (unpaired) electrons. The van der Waals surface area contributed by atoms with Crippen LogP contribution in [0.25, 0.3) is 10.8 Å². The van der Waals surface area contributed by atoms with Gasteiger partial charge in [-0.15, -0.1) is 0 Å². The monoisotopic (exact) mass is 406 g/mol. The van der Waals surface area contributed by atoms with Crippen molar-refractivity contribution >= 4 is 22.4 Å². The molecule has 1 N–H and O–H groups in total. The van der Waals surface area contributed by atoms with Crippen LogP contribution in [0.1, 0.15) is 19.8 Å². The van der Waals surface area contributed by atoms with E-state index in [2.05, 4.69) is 5.10 Å². The van der Waals surface area contributed by atoms with E-state index in [1.165, 1.54) is 4.90 Å². The third-order valence-corrected chi connectivity index (χ3v) is 4.64. The Morgan fingerprint density at radius 3 is 2.50 bits per heavy atom. The van der Waals surface area contributed by atoms with Gasteiger partial charge < -0.3 is 9.64 Å². The summed E-state index contributed by atoms with van der Waals surface area (Å²) in [6.07, 6.45) is 0.165. The molecular formula is C22H22N4O4. The molecule has 1 heterocycles. The maximum absolute atomic E-state index is 12.9. The van der Waals surface area contributed by atoms with Crippen LogP contribution in [-0.2, 0) is 11.3 Å². The first-order valence-corrected chi connectivity index (χ1v) is 9.67. The lowest BCUT2D eigenvalue weighted by molar-refractivity contribution is -0.118. The van der Waals surface area contributed by atoms with Gasteiger partial charge in [-0.2, -0.15) is 5.26 Å². The minimum Gasteiger partial charge on any atom is -0.494 e. The molecule has 1 aromatic heterocycles. The summed E-state index contributed by atoms with van der Waals surface area (Å²) in [6, 6.07) is 15.6. The molecule has 1 amide bonds. The van der Waals surface area contributed by atoms with Gasteiger partial charge in [0.2, 0.25) is 5.91 Å². The van der Waals surface area contributed by atoms with Gasteiger partial charge in [0.25, 0.3) is 11.1 Å². The van der Waals surface area contributed by atoms with Crippen molar-refractivity contribution in [3.63, 3.8) is 0 Å². The summed E-state index contributed by atoms with van der Waals surface area (Å²) in [5, 5.41) is 12.1. The summed E-state index contributed by atoms with van der Waals surface area (Å²) >= 11 is 0. The predicted octanol–water partition coefficient (Wildman–Crippen LogP) is 2.43. The number of anilines is 1. The van der Waals surface area contributed by atoms with Crippen molar-refractivity contribution in [1.29, 1.82) is 5.26 Å². The molecule has 0 atom stereocenters. The highest BCUT2D eigenvalue weighted by atomic mass is 16.5. The molecule has 30 heavy (non-hydrogen) atoms. The zero-order valence-electron chi connectivity index (χ0n) is 16.6. The van der Waals surface area contributed by atoms with Gasteiger partial charge in [0.05, 0.1) is 36.4 Å². The highest BCUT2D eigenvalue weighted by Gasteiger charge is 2.17. The SMILES string of the molecule is CCOc1ccc(N(CCC#N)C(=O)CCn2[nH]c(=O)c3ccccc3c2=O)cc1. The van der Waals surface area contributed by atoms with Crippen LogP contribution >= 0.6 is 0 Å². The van der Waals surface area contributed by atoms with Crippen LogP contribution in [0, 0.1) is 11.3 Å². The molecule has 154 valence electrons. The third-order valence-electron chi connectivity index (χ3n) is 4.64. The predicted molar refractivity (Wildman–Crippen MR) is 114 cm³/mol. The lowest BCUT2D eigenvalue weighted by Gasteiger charge is -2.22. The number of carbonyl (C=O) groups is 1. The number of hydrogen-bond donors (Lipinski definition) is 1. The quantitative estimate of drug-likeness (QED) is 0.618. The largest absolute Gasteiger partial charge is 0.494 e. The van der Waals surface area contributed by atoms with Crippen molar-refractivity contribution in [2.75, 3.05) is 18.1 Å². The molecule has 0 unspecified atom stereocenters. The number of nitrogens with zero attached hydrogens (tertiary/aromatic N) is 3. The van der Waals surface area contributed by atoms with Gasteiger partial charge in [0.15, 0.2) is 0 Å². The summed E-state index contributed by atoms with van der Waals surface area (Å²) < 4.78 is 6.58. The Morgan fingerprint density at radius 1 is 1.13 bits per heavy atom. The molecule has 0 aliphatic carbocycles. The number of hydrogen-bond acceptors (Lipinski definition) is 5. The van der Waals surface area contributed by atoms with Crippen molar-refractivity contribution in [2.45, 2.75) is 26.3 Å². The number of ether oxygens (including phenoxy) is 1. The van der Waals surface area contributed by atoms with Crippen LogP contribution in [0.3, 0.4) is 0 Å². The molecule has 0 bridgehead atoms. The van der Waals surface area contributed by atoms with E-state index in [0.717, 1.165) is 4.68 Å². The molecule has 0 aliphatic rings. The first kappa shape index (κ1) is 20.9. The third kappa shape index (κ3) is 4.58. The maximum Gasteiger partial charge on any atom is 0.273 e. The average molecular weight is 406 g/mol. The number of carbonyl (C=O) groups excluding carboxylic acids is 1. The van der Waals surface area contributed by atoms with Crippen LogP contribution in [0.15, 0.2) is 58.1 Å². The molecule has 0 saturated heterocycles. The lowest BCUT2D eigenvalue weighted by Crippen LogP contribution is -2.35. The number of rotatable bonds is 8. The minimum absolute atomic E-state index is 0.00712. The summed E-state index contributed by atoms with van der Waals surface area (Å²) in [4.78, 5) is 39.2. The van der Waals surface area contributed by atoms with Gasteiger partial charge in [-0.3, -0.25) is 19.5 Å². The van der Waals surface area contributed by atoms with Gasteiger partial charge in [-0.05, 0) is 43.3 Å². The Morgan fingerprint density at radius 2 is 1.83 bits per heavy atom. The Hall–Kier alpha value is -3.86. The number of aryl methyl sites for hydroxylation is 1. The molecule has 0 aliphatic heterocycles. The molecule has 3 aromatic rings. The topological polar surface area (TPSA) is 108 Å². The van der Waals surface area contributed by atoms with E-state index in [-0.39, 0.29) is 43.0 Å². The zero-order chi connectivity index (χ0) is 21.5. The van der Waals surface area contributed by atoms with Crippen molar-refractivity contribution in [3.05, 3.63) is 69.2 Å². The second kappa shape index (κ2) is 9.56. The smallest absolute Gasteiger partial charge is 0.273 e. The number of H-pyrrole nitrogens is 1. The fraction of sp³-hybridized carbons (Fsp3) is 0.273. The molecule has 8 nitrogen and oxygen atoms in total. The molecule has 0 spiro atoms. The van der Waals surface area contributed by atoms with E-state index >= 15 is 0 Å². The van der Waals surface area contributed by atoms with E-state index < -0.39 is 0 Å². The molecular weight excluding hydrogens is 384 g/mol. The Labute approximate surface area is 172 Å². The maximum atomic E-state index is 12.9. The summed E-state index contributed by atoms with van der Waals surface area (Å²) in [5.74, 6) is 0.435. The highest BCUT2D eigenvalue weighted by Crippen LogP contribution is 2.20. The second-order valence-electron chi connectivity index (χ2n) is 6.57. The van der Waals surface area contributed by atoms with E-state index in [4.69, 9.17) is 10.00 Å². The van der Waals surface area contributed by atoms with E-state index in [9.17, 15) is 14.4 Å². The Kier molecular flexibility index (Phi) is 6.65. The lowest BCUT2D eigenvalue weighted by atomic mass is 10.2. The number of amides is 1. The summed E-state index contributed by atoms with van der Waals surface area (Å²) in [6.45, 7) is 2.68. The van der Waals surface area contributed by atoms with Crippen LogP contribution in [0.4, 0.5) is 5.69 Å². The van der Waals surface area contributed by atoms with E-state index in [1.807, 2.05) is 13.0 Å². The molecule has 0 saturated carbocycles. The number of nitrogens with one attached hydrogen (secondary N) is 1. The number of aromatic nitrogens is 2. The standard InChI is InChI=1S/C22H22N4O4/c1-2-30-17-10-8-16(9-11-17)25(14-5-13-23)20(27)12-15-26-22(29)19-7-4-3-6-18(19)21(28)24-26/h3-4,6-11H,2,5,12,14-15H2,1H3,(H,24,28).